The Kier molecular flexibility index (Phi) is 5.75. The van der Waals surface area contributed by atoms with Gasteiger partial charge in [-0.05, 0) is 51.3 Å². The topological polar surface area (TPSA) is 73.6 Å². The molecule has 0 saturated carbocycles. The number of amides is 1. The minimum atomic E-state index is -0.396. The van der Waals surface area contributed by atoms with E-state index in [1.54, 1.807) is 12.1 Å². The lowest BCUT2D eigenvalue weighted by molar-refractivity contribution is 0.0953. The van der Waals surface area contributed by atoms with E-state index in [0.717, 1.165) is 16.3 Å². The first kappa shape index (κ1) is 18.2. The maximum atomic E-state index is 11.8. The van der Waals surface area contributed by atoms with Gasteiger partial charge in [0.25, 0.3) is 5.91 Å². The summed E-state index contributed by atoms with van der Waals surface area (Å²) in [6.07, 6.45) is 0. The van der Waals surface area contributed by atoms with Crippen molar-refractivity contribution in [3.8, 4) is 11.5 Å². The molecule has 0 radical (unpaired) electrons. The van der Waals surface area contributed by atoms with Crippen LogP contribution in [0.5, 0.6) is 11.5 Å². The molecule has 0 aliphatic heterocycles. The van der Waals surface area contributed by atoms with Crippen LogP contribution in [0.1, 0.15) is 22.8 Å². The number of rotatable bonds is 6. The fraction of sp³-hybridized carbons (Fsp3) is 0.150. The van der Waals surface area contributed by atoms with Crippen molar-refractivity contribution < 1.29 is 14.3 Å². The highest BCUT2D eigenvalue weighted by atomic mass is 79.9. The molecular weight excluding hydrogens is 396 g/mol. The first-order valence-corrected chi connectivity index (χ1v) is 9.00. The molecule has 1 amide bonds. The standard InChI is InChI=1S/C20H19BrN2O3/c1-2-25-18-11-15(20(24)23-22)10-17(21)19(18)26-12-14-8-5-7-13-6-3-4-9-16(13)14/h3-11H,2,12,22H2,1H3,(H,23,24). The molecule has 26 heavy (non-hydrogen) atoms. The van der Waals surface area contributed by atoms with Gasteiger partial charge >= 0.3 is 0 Å². The molecule has 0 fully saturated rings. The number of nitrogens with two attached hydrogens (primary N) is 1. The maximum Gasteiger partial charge on any atom is 0.265 e. The van der Waals surface area contributed by atoms with Gasteiger partial charge in [-0.3, -0.25) is 10.2 Å². The van der Waals surface area contributed by atoms with Crippen molar-refractivity contribution >= 4 is 32.6 Å². The van der Waals surface area contributed by atoms with E-state index in [0.29, 0.717) is 34.7 Å². The molecule has 0 heterocycles. The molecule has 3 N–H and O–H groups in total. The fourth-order valence-corrected chi connectivity index (χ4v) is 3.31. The van der Waals surface area contributed by atoms with Crippen LogP contribution in [-0.4, -0.2) is 12.5 Å². The van der Waals surface area contributed by atoms with E-state index in [1.165, 1.54) is 0 Å². The summed E-state index contributed by atoms with van der Waals surface area (Å²) >= 11 is 3.46. The van der Waals surface area contributed by atoms with Gasteiger partial charge in [0, 0.05) is 5.56 Å². The number of benzene rings is 3. The van der Waals surface area contributed by atoms with Gasteiger partial charge in [-0.25, -0.2) is 5.84 Å². The van der Waals surface area contributed by atoms with Gasteiger partial charge in [0.1, 0.15) is 6.61 Å². The third-order valence-corrected chi connectivity index (χ3v) is 4.54. The van der Waals surface area contributed by atoms with Gasteiger partial charge in [-0.15, -0.1) is 0 Å². The minimum absolute atomic E-state index is 0.377. The summed E-state index contributed by atoms with van der Waals surface area (Å²) in [5.74, 6) is 5.86. The zero-order valence-corrected chi connectivity index (χ0v) is 15.9. The molecule has 0 unspecified atom stereocenters. The smallest absolute Gasteiger partial charge is 0.265 e. The lowest BCUT2D eigenvalue weighted by Crippen LogP contribution is -2.30. The molecule has 0 spiro atoms. The summed E-state index contributed by atoms with van der Waals surface area (Å²) in [4.78, 5) is 11.8. The van der Waals surface area contributed by atoms with Crippen molar-refractivity contribution in [1.82, 2.24) is 5.43 Å². The Hall–Kier alpha value is -2.57. The highest BCUT2D eigenvalue weighted by Gasteiger charge is 2.16. The second-order valence-corrected chi connectivity index (χ2v) is 6.47. The number of hydrogen-bond acceptors (Lipinski definition) is 4. The van der Waals surface area contributed by atoms with E-state index in [4.69, 9.17) is 15.3 Å². The van der Waals surface area contributed by atoms with Crippen LogP contribution in [0.25, 0.3) is 10.8 Å². The van der Waals surface area contributed by atoms with Crippen LogP contribution in [0.3, 0.4) is 0 Å². The number of hydrazine groups is 1. The number of hydrogen-bond donors (Lipinski definition) is 2. The average molecular weight is 415 g/mol. The third-order valence-electron chi connectivity index (χ3n) is 3.95. The summed E-state index contributed by atoms with van der Waals surface area (Å²) in [6.45, 7) is 2.70. The van der Waals surface area contributed by atoms with E-state index in [-0.39, 0.29) is 0 Å². The Morgan fingerprint density at radius 3 is 2.65 bits per heavy atom. The van der Waals surface area contributed by atoms with Crippen molar-refractivity contribution in [3.63, 3.8) is 0 Å². The van der Waals surface area contributed by atoms with Crippen LogP contribution in [0.15, 0.2) is 59.1 Å². The predicted octanol–water partition coefficient (Wildman–Crippen LogP) is 4.18. The van der Waals surface area contributed by atoms with Crippen LogP contribution >= 0.6 is 15.9 Å². The third kappa shape index (κ3) is 3.81. The monoisotopic (exact) mass is 414 g/mol. The Bertz CT molecular complexity index is 938. The van der Waals surface area contributed by atoms with Gasteiger partial charge in [-0.2, -0.15) is 0 Å². The molecular formula is C20H19BrN2O3. The van der Waals surface area contributed by atoms with Crippen LogP contribution in [0.2, 0.25) is 0 Å². The molecule has 0 bridgehead atoms. The molecule has 6 heteroatoms. The van der Waals surface area contributed by atoms with Crippen LogP contribution in [-0.2, 0) is 6.61 Å². The number of fused-ring (bicyclic) bond motifs is 1. The quantitative estimate of drug-likeness (QED) is 0.360. The van der Waals surface area contributed by atoms with Crippen molar-refractivity contribution in [2.75, 3.05) is 6.61 Å². The Morgan fingerprint density at radius 1 is 1.12 bits per heavy atom. The Balaban J connectivity index is 1.92. The first-order chi connectivity index (χ1) is 12.6. The Morgan fingerprint density at radius 2 is 1.88 bits per heavy atom. The Labute approximate surface area is 160 Å². The number of ether oxygens (including phenoxy) is 2. The van der Waals surface area contributed by atoms with E-state index < -0.39 is 5.91 Å². The molecule has 3 aromatic carbocycles. The van der Waals surface area contributed by atoms with E-state index in [2.05, 4.69) is 39.6 Å². The zero-order chi connectivity index (χ0) is 18.5. The van der Waals surface area contributed by atoms with Gasteiger partial charge in [-0.1, -0.05) is 42.5 Å². The molecule has 0 saturated heterocycles. The van der Waals surface area contributed by atoms with E-state index in [1.807, 2.05) is 31.2 Å². The molecule has 0 atom stereocenters. The van der Waals surface area contributed by atoms with Gasteiger partial charge < -0.3 is 9.47 Å². The molecule has 0 aliphatic rings. The van der Waals surface area contributed by atoms with Gasteiger partial charge in [0.2, 0.25) is 0 Å². The molecule has 3 rings (SSSR count). The number of carbonyl (C=O) groups excluding carboxylic acids is 1. The highest BCUT2D eigenvalue weighted by molar-refractivity contribution is 9.10. The van der Waals surface area contributed by atoms with Crippen LogP contribution in [0.4, 0.5) is 0 Å². The minimum Gasteiger partial charge on any atom is -0.490 e. The van der Waals surface area contributed by atoms with Crippen molar-refractivity contribution in [2.45, 2.75) is 13.5 Å². The van der Waals surface area contributed by atoms with Gasteiger partial charge in [0.05, 0.1) is 11.1 Å². The fourth-order valence-electron chi connectivity index (χ4n) is 2.75. The number of nitrogen functional groups attached to an aromatic ring is 1. The predicted molar refractivity (Wildman–Crippen MR) is 105 cm³/mol. The zero-order valence-electron chi connectivity index (χ0n) is 14.3. The van der Waals surface area contributed by atoms with E-state index in [9.17, 15) is 4.79 Å². The average Bonchev–Trinajstić information content (AvgIpc) is 2.66. The molecule has 134 valence electrons. The second-order valence-electron chi connectivity index (χ2n) is 5.62. The summed E-state index contributed by atoms with van der Waals surface area (Å²) < 4.78 is 12.3. The molecule has 0 aliphatic carbocycles. The molecule has 3 aromatic rings. The normalized spacial score (nSPS) is 10.6. The lowest BCUT2D eigenvalue weighted by atomic mass is 10.1. The number of carbonyl (C=O) groups is 1. The summed E-state index contributed by atoms with van der Waals surface area (Å²) in [7, 11) is 0. The van der Waals surface area contributed by atoms with Crippen molar-refractivity contribution in [1.29, 1.82) is 0 Å². The summed E-state index contributed by atoms with van der Waals surface area (Å²) in [5.41, 5.74) is 3.58. The molecule has 0 aromatic heterocycles. The second kappa shape index (κ2) is 8.21. The number of halogens is 1. The first-order valence-electron chi connectivity index (χ1n) is 8.20. The lowest BCUT2D eigenvalue weighted by Gasteiger charge is -2.16. The SMILES string of the molecule is CCOc1cc(C(=O)NN)cc(Br)c1OCc1cccc2ccccc12. The largest absolute Gasteiger partial charge is 0.490 e. The van der Waals surface area contributed by atoms with Crippen LogP contribution < -0.4 is 20.7 Å². The van der Waals surface area contributed by atoms with E-state index >= 15 is 0 Å². The summed E-state index contributed by atoms with van der Waals surface area (Å²) in [6, 6.07) is 17.5. The van der Waals surface area contributed by atoms with Crippen LogP contribution in [0, 0.1) is 0 Å². The maximum absolute atomic E-state index is 11.8. The van der Waals surface area contributed by atoms with Crippen molar-refractivity contribution in [2.24, 2.45) is 5.84 Å². The summed E-state index contributed by atoms with van der Waals surface area (Å²) in [5, 5.41) is 2.30. The van der Waals surface area contributed by atoms with Crippen molar-refractivity contribution in [3.05, 3.63) is 70.2 Å². The number of nitrogens with one attached hydrogen (secondary N) is 1. The highest BCUT2D eigenvalue weighted by Crippen LogP contribution is 2.37. The molecule has 5 nitrogen and oxygen atoms in total. The van der Waals surface area contributed by atoms with Gasteiger partial charge in [0.15, 0.2) is 11.5 Å².